The van der Waals surface area contributed by atoms with Crippen molar-refractivity contribution < 1.29 is 18.7 Å². The predicted octanol–water partition coefficient (Wildman–Crippen LogP) is 3.98. The molecule has 1 amide bonds. The quantitative estimate of drug-likeness (QED) is 0.464. The normalized spacial score (nSPS) is 18.3. The number of hydrogen-bond acceptors (Lipinski definition) is 5. The third-order valence-corrected chi connectivity index (χ3v) is 6.43. The second kappa shape index (κ2) is 8.85. The highest BCUT2D eigenvalue weighted by atomic mass is 19.1. The molecule has 0 unspecified atom stereocenters. The molecule has 5 rings (SSSR count). The van der Waals surface area contributed by atoms with Gasteiger partial charge in [0.2, 0.25) is 0 Å². The number of aromatic nitrogens is 5. The summed E-state index contributed by atoms with van der Waals surface area (Å²) in [5.74, 6) is -3.67. The van der Waals surface area contributed by atoms with E-state index in [2.05, 4.69) is 21.6 Å². The van der Waals surface area contributed by atoms with Crippen LogP contribution in [0, 0.1) is 17.6 Å². The largest absolute Gasteiger partial charge is 0.503 e. The van der Waals surface area contributed by atoms with E-state index in [9.17, 15) is 18.7 Å². The van der Waals surface area contributed by atoms with Gasteiger partial charge in [-0.05, 0) is 49.8 Å². The summed E-state index contributed by atoms with van der Waals surface area (Å²) in [6.45, 7) is 0.426. The first-order valence-corrected chi connectivity index (χ1v) is 11.2. The molecule has 0 spiro atoms. The third kappa shape index (κ3) is 4.35. The van der Waals surface area contributed by atoms with Crippen molar-refractivity contribution in [2.75, 3.05) is 6.54 Å². The van der Waals surface area contributed by atoms with Crippen LogP contribution in [0.5, 0.6) is 5.75 Å². The van der Waals surface area contributed by atoms with Crippen LogP contribution in [0.1, 0.15) is 42.1 Å². The Labute approximate surface area is 194 Å². The van der Waals surface area contributed by atoms with Gasteiger partial charge in [0.1, 0.15) is 5.52 Å². The number of aromatic hydroxyl groups is 1. The minimum atomic E-state index is -1.15. The zero-order chi connectivity index (χ0) is 23.8. The van der Waals surface area contributed by atoms with Gasteiger partial charge in [-0.25, -0.2) is 8.78 Å². The lowest BCUT2D eigenvalue weighted by Gasteiger charge is -2.28. The van der Waals surface area contributed by atoms with Crippen molar-refractivity contribution in [3.05, 3.63) is 60.2 Å². The number of pyridine rings is 1. The minimum Gasteiger partial charge on any atom is -0.503 e. The molecular formula is C24H24F2N6O2. The molecule has 2 N–H and O–H groups in total. The molecule has 0 saturated heterocycles. The van der Waals surface area contributed by atoms with Crippen LogP contribution in [0.3, 0.4) is 0 Å². The van der Waals surface area contributed by atoms with Crippen LogP contribution in [0.2, 0.25) is 0 Å². The van der Waals surface area contributed by atoms with E-state index >= 15 is 0 Å². The second-order valence-corrected chi connectivity index (χ2v) is 8.81. The predicted molar refractivity (Wildman–Crippen MR) is 121 cm³/mol. The molecule has 8 nitrogen and oxygen atoms in total. The molecule has 1 aliphatic carbocycles. The highest BCUT2D eigenvalue weighted by Gasteiger charge is 2.24. The second-order valence-electron chi connectivity index (χ2n) is 8.81. The Bertz CT molecular complexity index is 1330. The maximum absolute atomic E-state index is 13.5. The van der Waals surface area contributed by atoms with E-state index in [0.717, 1.165) is 60.0 Å². The first kappa shape index (κ1) is 22.0. The number of phenols is 1. The van der Waals surface area contributed by atoms with Crippen LogP contribution >= 0.6 is 0 Å². The lowest BCUT2D eigenvalue weighted by Crippen LogP contribution is -2.31. The van der Waals surface area contributed by atoms with E-state index in [1.807, 2.05) is 24.0 Å². The Morgan fingerprint density at radius 2 is 1.85 bits per heavy atom. The average molecular weight is 466 g/mol. The Morgan fingerprint density at radius 3 is 2.53 bits per heavy atom. The number of hydrogen-bond donors (Lipinski definition) is 2. The van der Waals surface area contributed by atoms with Crippen molar-refractivity contribution in [3.63, 3.8) is 0 Å². The molecular weight excluding hydrogens is 442 g/mol. The van der Waals surface area contributed by atoms with Crippen LogP contribution in [0.25, 0.3) is 22.2 Å². The molecule has 3 aromatic heterocycles. The van der Waals surface area contributed by atoms with Gasteiger partial charge in [-0.2, -0.15) is 10.2 Å². The molecule has 1 fully saturated rings. The lowest BCUT2D eigenvalue weighted by molar-refractivity contribution is 0.0940. The van der Waals surface area contributed by atoms with Gasteiger partial charge in [0, 0.05) is 42.5 Å². The van der Waals surface area contributed by atoms with Gasteiger partial charge >= 0.3 is 0 Å². The summed E-state index contributed by atoms with van der Waals surface area (Å²) in [4.78, 5) is 16.8. The van der Waals surface area contributed by atoms with E-state index in [4.69, 9.17) is 5.10 Å². The molecule has 3 heterocycles. The molecule has 0 atom stereocenters. The molecule has 4 aromatic rings. The zero-order valence-corrected chi connectivity index (χ0v) is 18.6. The Morgan fingerprint density at radius 1 is 1.12 bits per heavy atom. The van der Waals surface area contributed by atoms with Gasteiger partial charge in [0.15, 0.2) is 17.4 Å². The zero-order valence-electron chi connectivity index (χ0n) is 18.6. The van der Waals surface area contributed by atoms with E-state index in [1.54, 1.807) is 17.1 Å². The monoisotopic (exact) mass is 466 g/mol. The standard InChI is InChI=1S/C24H24F2N6O2/c1-31-12-17(10-29-31)21-8-16-13-32(30-22(16)11-27-21)18-4-2-14(3-5-18)9-28-24(34)15-6-19(25)23(33)20(26)7-15/h6-8,10-14,18,33H,2-5,9H2,1H3,(H,28,34)/t14-,18-. The number of carbonyl (C=O) groups is 1. The lowest BCUT2D eigenvalue weighted by atomic mass is 9.86. The molecule has 34 heavy (non-hydrogen) atoms. The smallest absolute Gasteiger partial charge is 0.251 e. The molecule has 1 aromatic carbocycles. The number of amides is 1. The van der Waals surface area contributed by atoms with E-state index in [-0.39, 0.29) is 17.5 Å². The number of phenolic OH excluding ortho intramolecular Hbond substituents is 1. The van der Waals surface area contributed by atoms with Crippen molar-refractivity contribution in [2.45, 2.75) is 31.7 Å². The fourth-order valence-corrected chi connectivity index (χ4v) is 4.49. The summed E-state index contributed by atoms with van der Waals surface area (Å²) in [6.07, 6.45) is 11.2. The number of nitrogens with zero attached hydrogens (tertiary/aromatic N) is 5. The number of fused-ring (bicyclic) bond motifs is 1. The third-order valence-electron chi connectivity index (χ3n) is 6.43. The highest BCUT2D eigenvalue weighted by Crippen LogP contribution is 2.33. The maximum atomic E-state index is 13.5. The number of halogens is 2. The van der Waals surface area contributed by atoms with Crippen LogP contribution in [-0.2, 0) is 7.05 Å². The van der Waals surface area contributed by atoms with Crippen molar-refractivity contribution in [3.8, 4) is 17.0 Å². The number of rotatable bonds is 5. The van der Waals surface area contributed by atoms with Gasteiger partial charge in [-0.1, -0.05) is 0 Å². The molecule has 1 saturated carbocycles. The van der Waals surface area contributed by atoms with Crippen LogP contribution in [0.4, 0.5) is 8.78 Å². The van der Waals surface area contributed by atoms with Crippen molar-refractivity contribution in [2.24, 2.45) is 13.0 Å². The Balaban J connectivity index is 1.18. The first-order chi connectivity index (χ1) is 16.4. The van der Waals surface area contributed by atoms with Crippen LogP contribution in [-0.4, -0.2) is 42.1 Å². The minimum absolute atomic E-state index is 0.149. The molecule has 0 aliphatic heterocycles. The van der Waals surface area contributed by atoms with Crippen molar-refractivity contribution in [1.82, 2.24) is 29.9 Å². The number of aryl methyl sites for hydroxylation is 1. The molecule has 10 heteroatoms. The SMILES string of the molecule is Cn1cc(-c2cc3cn([C@H]4CC[C@H](CNC(=O)c5cc(F)c(O)c(F)c5)CC4)nc3cn2)cn1. The summed E-state index contributed by atoms with van der Waals surface area (Å²) in [5, 5.41) is 21.9. The van der Waals surface area contributed by atoms with Crippen LogP contribution in [0.15, 0.2) is 43.0 Å². The molecule has 176 valence electrons. The molecule has 0 radical (unpaired) electrons. The number of benzene rings is 1. The van der Waals surface area contributed by atoms with Gasteiger partial charge in [-0.15, -0.1) is 0 Å². The first-order valence-electron chi connectivity index (χ1n) is 11.2. The number of nitrogens with one attached hydrogen (secondary N) is 1. The number of carbonyl (C=O) groups excluding carboxylic acids is 1. The summed E-state index contributed by atoms with van der Waals surface area (Å²) in [7, 11) is 1.87. The van der Waals surface area contributed by atoms with E-state index in [1.165, 1.54) is 0 Å². The Hall–Kier alpha value is -3.82. The van der Waals surface area contributed by atoms with Gasteiger partial charge in [-0.3, -0.25) is 19.1 Å². The molecule has 0 bridgehead atoms. The summed E-state index contributed by atoms with van der Waals surface area (Å²) in [5.41, 5.74) is 2.50. The highest BCUT2D eigenvalue weighted by molar-refractivity contribution is 5.94. The fourth-order valence-electron chi connectivity index (χ4n) is 4.49. The summed E-state index contributed by atoms with van der Waals surface area (Å²) >= 11 is 0. The van der Waals surface area contributed by atoms with Crippen LogP contribution < -0.4 is 5.32 Å². The summed E-state index contributed by atoms with van der Waals surface area (Å²) < 4.78 is 30.8. The average Bonchev–Trinajstić information content (AvgIpc) is 3.46. The molecule has 1 aliphatic rings. The Kier molecular flexibility index (Phi) is 5.72. The maximum Gasteiger partial charge on any atom is 0.251 e. The topological polar surface area (TPSA) is 97.9 Å². The fraction of sp³-hybridized carbons (Fsp3) is 0.333. The van der Waals surface area contributed by atoms with Crippen molar-refractivity contribution >= 4 is 16.8 Å². The summed E-state index contributed by atoms with van der Waals surface area (Å²) in [6, 6.07) is 3.95. The van der Waals surface area contributed by atoms with Crippen molar-refractivity contribution in [1.29, 1.82) is 0 Å². The van der Waals surface area contributed by atoms with E-state index < -0.39 is 23.3 Å². The van der Waals surface area contributed by atoms with Gasteiger partial charge in [0.25, 0.3) is 5.91 Å². The van der Waals surface area contributed by atoms with Gasteiger partial charge < -0.3 is 10.4 Å². The van der Waals surface area contributed by atoms with Gasteiger partial charge in [0.05, 0.1) is 24.1 Å². The van der Waals surface area contributed by atoms with E-state index in [0.29, 0.717) is 6.54 Å².